The fourth-order valence-corrected chi connectivity index (χ4v) is 1.27. The number of nitrogens with one attached hydrogen (secondary N) is 1. The van der Waals surface area contributed by atoms with Crippen LogP contribution in [0.1, 0.15) is 10.5 Å². The highest BCUT2D eigenvalue weighted by Gasteiger charge is 2.11. The summed E-state index contributed by atoms with van der Waals surface area (Å²) >= 11 is 0. The molecule has 0 bridgehead atoms. The lowest BCUT2D eigenvalue weighted by Crippen LogP contribution is -2.12. The molecule has 0 spiro atoms. The molecule has 0 atom stereocenters. The average Bonchev–Trinajstić information content (AvgIpc) is 2.63. The minimum absolute atomic E-state index is 0.0261. The van der Waals surface area contributed by atoms with Gasteiger partial charge in [-0.1, -0.05) is 5.21 Å². The molecular weight excluding hydrogens is 230 g/mol. The first kappa shape index (κ1) is 11.2. The first-order valence-corrected chi connectivity index (χ1v) is 4.68. The van der Waals surface area contributed by atoms with Crippen LogP contribution in [-0.2, 0) is 7.05 Å². The van der Waals surface area contributed by atoms with Crippen molar-refractivity contribution in [3.05, 3.63) is 41.7 Å². The number of hydrogen-bond acceptors (Lipinski definition) is 3. The summed E-state index contributed by atoms with van der Waals surface area (Å²) in [5.41, 5.74) is 0.0929. The number of amides is 1. The number of anilines is 1. The Kier molecular flexibility index (Phi) is 2.82. The molecule has 88 valence electrons. The number of aryl methyl sites for hydroxylation is 1. The van der Waals surface area contributed by atoms with Gasteiger partial charge in [-0.15, -0.1) is 5.10 Å². The Morgan fingerprint density at radius 3 is 2.47 bits per heavy atom. The molecule has 1 aromatic carbocycles. The van der Waals surface area contributed by atoms with E-state index >= 15 is 0 Å². The van der Waals surface area contributed by atoms with Gasteiger partial charge in [0.1, 0.15) is 11.6 Å². The Balaban J connectivity index is 2.18. The molecule has 2 aromatic rings. The molecule has 0 aliphatic carbocycles. The van der Waals surface area contributed by atoms with E-state index < -0.39 is 17.5 Å². The molecule has 0 aliphatic rings. The third-order valence-corrected chi connectivity index (χ3v) is 1.96. The summed E-state index contributed by atoms with van der Waals surface area (Å²) in [6.07, 6.45) is 1.39. The van der Waals surface area contributed by atoms with E-state index in [1.165, 1.54) is 10.9 Å². The van der Waals surface area contributed by atoms with Crippen LogP contribution in [0.4, 0.5) is 14.5 Å². The lowest BCUT2D eigenvalue weighted by Gasteiger charge is -2.02. The Hall–Kier alpha value is -2.31. The van der Waals surface area contributed by atoms with Crippen LogP contribution in [-0.4, -0.2) is 20.9 Å². The van der Waals surface area contributed by atoms with E-state index in [0.717, 1.165) is 18.2 Å². The minimum Gasteiger partial charge on any atom is -0.320 e. The van der Waals surface area contributed by atoms with Crippen LogP contribution in [0.3, 0.4) is 0 Å². The number of aromatic nitrogens is 3. The van der Waals surface area contributed by atoms with Gasteiger partial charge in [0.25, 0.3) is 5.91 Å². The van der Waals surface area contributed by atoms with Gasteiger partial charge in [0, 0.05) is 18.8 Å². The highest BCUT2D eigenvalue weighted by atomic mass is 19.1. The second kappa shape index (κ2) is 4.28. The molecule has 0 saturated heterocycles. The number of hydrogen-bond donors (Lipinski definition) is 1. The maximum absolute atomic E-state index is 12.9. The van der Waals surface area contributed by atoms with E-state index in [1.807, 2.05) is 0 Å². The van der Waals surface area contributed by atoms with Crippen molar-refractivity contribution >= 4 is 11.6 Å². The van der Waals surface area contributed by atoms with Gasteiger partial charge in [-0.25, -0.2) is 8.78 Å². The Bertz CT molecular complexity index is 547. The van der Waals surface area contributed by atoms with E-state index in [0.29, 0.717) is 0 Å². The van der Waals surface area contributed by atoms with Crippen LogP contribution in [0.25, 0.3) is 0 Å². The Morgan fingerprint density at radius 1 is 1.29 bits per heavy atom. The second-order valence-corrected chi connectivity index (χ2v) is 3.39. The van der Waals surface area contributed by atoms with Gasteiger partial charge in [-0.2, -0.15) is 0 Å². The van der Waals surface area contributed by atoms with Crippen LogP contribution in [0.15, 0.2) is 24.4 Å². The first-order valence-electron chi connectivity index (χ1n) is 4.68. The number of benzene rings is 1. The number of carbonyl (C=O) groups excluding carboxylic acids is 1. The lowest BCUT2D eigenvalue weighted by atomic mass is 10.3. The van der Waals surface area contributed by atoms with Crippen molar-refractivity contribution in [2.24, 2.45) is 7.05 Å². The molecule has 2 rings (SSSR count). The first-order chi connectivity index (χ1) is 8.04. The van der Waals surface area contributed by atoms with Crippen molar-refractivity contribution in [3.8, 4) is 0 Å². The van der Waals surface area contributed by atoms with Gasteiger partial charge < -0.3 is 5.32 Å². The summed E-state index contributed by atoms with van der Waals surface area (Å²) in [5, 5.41) is 9.46. The maximum Gasteiger partial charge on any atom is 0.277 e. The normalized spacial score (nSPS) is 10.3. The van der Waals surface area contributed by atoms with E-state index in [4.69, 9.17) is 0 Å². The molecule has 1 N–H and O–H groups in total. The van der Waals surface area contributed by atoms with Crippen molar-refractivity contribution in [2.45, 2.75) is 0 Å². The molecule has 1 amide bonds. The minimum atomic E-state index is -0.764. The summed E-state index contributed by atoms with van der Waals surface area (Å²) in [6.45, 7) is 0. The van der Waals surface area contributed by atoms with Gasteiger partial charge in [-0.05, 0) is 12.1 Å². The molecule has 5 nitrogen and oxygen atoms in total. The third-order valence-electron chi connectivity index (χ3n) is 1.96. The molecule has 7 heteroatoms. The van der Waals surface area contributed by atoms with Crippen molar-refractivity contribution in [1.82, 2.24) is 15.0 Å². The standard InChI is InChI=1S/C10H8F2N4O/c1-16-5-9(14-15-16)10(17)13-8-3-6(11)2-7(12)4-8/h2-5H,1H3,(H,13,17). The molecule has 0 fully saturated rings. The van der Waals surface area contributed by atoms with Crippen molar-refractivity contribution in [1.29, 1.82) is 0 Å². The largest absolute Gasteiger partial charge is 0.320 e. The topological polar surface area (TPSA) is 59.8 Å². The molecule has 1 heterocycles. The van der Waals surface area contributed by atoms with Crippen LogP contribution < -0.4 is 5.32 Å². The van der Waals surface area contributed by atoms with Gasteiger partial charge in [0.15, 0.2) is 5.69 Å². The highest BCUT2D eigenvalue weighted by molar-refractivity contribution is 6.02. The van der Waals surface area contributed by atoms with Crippen LogP contribution >= 0.6 is 0 Å². The summed E-state index contributed by atoms with van der Waals surface area (Å²) < 4.78 is 27.1. The van der Waals surface area contributed by atoms with Gasteiger partial charge >= 0.3 is 0 Å². The summed E-state index contributed by atoms with van der Waals surface area (Å²) in [6, 6.07) is 2.74. The van der Waals surface area contributed by atoms with Gasteiger partial charge in [0.05, 0.1) is 6.20 Å². The van der Waals surface area contributed by atoms with E-state index in [2.05, 4.69) is 15.6 Å². The zero-order valence-corrected chi connectivity index (χ0v) is 8.82. The molecule has 0 unspecified atom stereocenters. The predicted molar refractivity (Wildman–Crippen MR) is 55.3 cm³/mol. The number of carbonyl (C=O) groups is 1. The van der Waals surface area contributed by atoms with Crippen molar-refractivity contribution in [3.63, 3.8) is 0 Å². The lowest BCUT2D eigenvalue weighted by molar-refractivity contribution is 0.102. The van der Waals surface area contributed by atoms with Crippen LogP contribution in [0, 0.1) is 11.6 Å². The smallest absolute Gasteiger partial charge is 0.277 e. The molecule has 0 saturated carbocycles. The second-order valence-electron chi connectivity index (χ2n) is 3.39. The predicted octanol–water partition coefficient (Wildman–Crippen LogP) is 1.35. The Morgan fingerprint density at radius 2 is 1.94 bits per heavy atom. The fraction of sp³-hybridized carbons (Fsp3) is 0.100. The number of rotatable bonds is 2. The van der Waals surface area contributed by atoms with E-state index in [-0.39, 0.29) is 11.4 Å². The van der Waals surface area contributed by atoms with E-state index in [1.54, 1.807) is 7.05 Å². The zero-order chi connectivity index (χ0) is 12.4. The number of halogens is 2. The molecule has 1 aromatic heterocycles. The third kappa shape index (κ3) is 2.63. The van der Waals surface area contributed by atoms with Crippen LogP contribution in [0.5, 0.6) is 0 Å². The van der Waals surface area contributed by atoms with Crippen molar-refractivity contribution < 1.29 is 13.6 Å². The summed E-state index contributed by atoms with van der Waals surface area (Å²) in [4.78, 5) is 11.6. The SMILES string of the molecule is Cn1cc(C(=O)Nc2cc(F)cc(F)c2)nn1. The monoisotopic (exact) mass is 238 g/mol. The molecular formula is C10H8F2N4O. The van der Waals surface area contributed by atoms with Crippen molar-refractivity contribution in [2.75, 3.05) is 5.32 Å². The Labute approximate surface area is 95.1 Å². The summed E-state index contributed by atoms with van der Waals surface area (Å²) in [7, 11) is 1.60. The van der Waals surface area contributed by atoms with Crippen LogP contribution in [0.2, 0.25) is 0 Å². The maximum atomic E-state index is 12.9. The molecule has 17 heavy (non-hydrogen) atoms. The zero-order valence-electron chi connectivity index (χ0n) is 8.82. The van der Waals surface area contributed by atoms with Gasteiger partial charge in [-0.3, -0.25) is 9.48 Å². The average molecular weight is 238 g/mol. The number of nitrogens with zero attached hydrogens (tertiary/aromatic N) is 3. The molecule has 0 aliphatic heterocycles. The fourth-order valence-electron chi connectivity index (χ4n) is 1.27. The molecule has 0 radical (unpaired) electrons. The van der Waals surface area contributed by atoms with Gasteiger partial charge in [0.2, 0.25) is 0 Å². The van der Waals surface area contributed by atoms with E-state index in [9.17, 15) is 13.6 Å². The quantitative estimate of drug-likeness (QED) is 0.859. The highest BCUT2D eigenvalue weighted by Crippen LogP contribution is 2.13. The summed E-state index contributed by atoms with van der Waals surface area (Å²) in [5.74, 6) is -2.11.